The third kappa shape index (κ3) is 8.35. The topological polar surface area (TPSA) is 38.8 Å². The molecule has 120 valence electrons. The van der Waals surface area contributed by atoms with Crippen LogP contribution in [-0.2, 0) is 25.6 Å². The minimum Gasteiger partial charge on any atom is -0.343 e. The van der Waals surface area contributed by atoms with E-state index in [4.69, 9.17) is 20.9 Å². The fourth-order valence-electron chi connectivity index (χ4n) is 1.67. The van der Waals surface area contributed by atoms with Crippen LogP contribution in [-0.4, -0.2) is 43.3 Å². The molecular weight excluding hydrogens is 293 g/mol. The zero-order chi connectivity index (χ0) is 15.4. The Balaban J connectivity index is 4.56. The molecule has 0 bridgehead atoms. The zero-order valence-corrected chi connectivity index (χ0v) is 15.1. The predicted molar refractivity (Wildman–Crippen MR) is 88.8 cm³/mol. The molecular formula is C14H30NO3PS. The van der Waals surface area contributed by atoms with Gasteiger partial charge in [0, 0.05) is 13.1 Å². The molecule has 0 aliphatic rings. The Bertz CT molecular complexity index is 295. The minimum absolute atomic E-state index is 0.0475. The first-order chi connectivity index (χ1) is 9.52. The van der Waals surface area contributed by atoms with Gasteiger partial charge in [0.1, 0.15) is 6.16 Å². The molecule has 0 rings (SSSR count). The Labute approximate surface area is 129 Å². The molecule has 4 nitrogen and oxygen atoms in total. The van der Waals surface area contributed by atoms with Gasteiger partial charge in [0.15, 0.2) is 6.49 Å². The molecule has 0 fully saturated rings. The number of hydrogen-bond donors (Lipinski definition) is 0. The highest BCUT2D eigenvalue weighted by molar-refractivity contribution is 8.10. The molecule has 1 amide bonds. The van der Waals surface area contributed by atoms with Gasteiger partial charge in [-0.1, -0.05) is 26.7 Å². The summed E-state index contributed by atoms with van der Waals surface area (Å²) in [6.07, 6.45) is 4.23. The van der Waals surface area contributed by atoms with Crippen LogP contribution in [0.2, 0.25) is 0 Å². The molecule has 0 unspecified atom stereocenters. The maximum Gasteiger partial charge on any atom is 0.232 e. The van der Waals surface area contributed by atoms with Crippen LogP contribution >= 0.6 is 6.49 Å². The van der Waals surface area contributed by atoms with Gasteiger partial charge in [-0.25, -0.2) is 0 Å². The normalized spacial score (nSPS) is 11.6. The van der Waals surface area contributed by atoms with Crippen LogP contribution in [0.25, 0.3) is 0 Å². The van der Waals surface area contributed by atoms with E-state index in [0.717, 1.165) is 25.7 Å². The smallest absolute Gasteiger partial charge is 0.232 e. The first kappa shape index (κ1) is 20.0. The molecule has 0 aromatic rings. The molecule has 0 atom stereocenters. The highest BCUT2D eigenvalue weighted by Gasteiger charge is 2.25. The molecule has 0 saturated carbocycles. The Hall–Kier alpha value is 0.0400. The second-order valence-corrected chi connectivity index (χ2v) is 8.43. The fraction of sp³-hybridized carbons (Fsp3) is 0.929. The number of amides is 1. The maximum atomic E-state index is 12.2. The van der Waals surface area contributed by atoms with E-state index in [1.807, 2.05) is 13.8 Å². The number of carbonyl (C=O) groups excluding carboxylic acids is 1. The van der Waals surface area contributed by atoms with Gasteiger partial charge in [-0.2, -0.15) is 0 Å². The molecule has 0 saturated heterocycles. The summed E-state index contributed by atoms with van der Waals surface area (Å²) in [7, 11) is 0. The summed E-state index contributed by atoms with van der Waals surface area (Å²) in [4.78, 5) is 14.0. The molecule has 0 radical (unpaired) electrons. The van der Waals surface area contributed by atoms with Crippen LogP contribution in [0.5, 0.6) is 0 Å². The largest absolute Gasteiger partial charge is 0.343 e. The van der Waals surface area contributed by atoms with E-state index in [2.05, 4.69) is 13.8 Å². The highest BCUT2D eigenvalue weighted by atomic mass is 32.5. The molecule has 0 aromatic heterocycles. The van der Waals surface area contributed by atoms with Gasteiger partial charge in [-0.05, 0) is 38.5 Å². The second-order valence-electron chi connectivity index (χ2n) is 4.71. The first-order valence-electron chi connectivity index (χ1n) is 7.68. The minimum atomic E-state index is -2.47. The van der Waals surface area contributed by atoms with Crippen molar-refractivity contribution < 1.29 is 13.8 Å². The molecule has 0 aliphatic carbocycles. The number of hydrogen-bond acceptors (Lipinski definition) is 4. The summed E-state index contributed by atoms with van der Waals surface area (Å²) in [6, 6.07) is 0. The van der Waals surface area contributed by atoms with E-state index >= 15 is 0 Å². The van der Waals surface area contributed by atoms with Crippen molar-refractivity contribution in [1.82, 2.24) is 4.90 Å². The van der Waals surface area contributed by atoms with Crippen LogP contribution in [0.3, 0.4) is 0 Å². The Morgan fingerprint density at radius 3 is 1.80 bits per heavy atom. The number of nitrogens with zero attached hydrogens (tertiary/aromatic N) is 1. The van der Waals surface area contributed by atoms with Gasteiger partial charge in [-0.3, -0.25) is 4.79 Å². The van der Waals surface area contributed by atoms with Crippen molar-refractivity contribution >= 4 is 24.2 Å². The Morgan fingerprint density at radius 1 is 1.00 bits per heavy atom. The van der Waals surface area contributed by atoms with Crippen molar-refractivity contribution in [3.8, 4) is 0 Å². The molecule has 6 heteroatoms. The quantitative estimate of drug-likeness (QED) is 0.404. The number of unbranched alkanes of at least 4 members (excludes halogenated alkanes) is 2. The van der Waals surface area contributed by atoms with E-state index in [-0.39, 0.29) is 12.1 Å². The number of carbonyl (C=O) groups is 1. The SMILES string of the molecule is CCCCOP(=S)(CC(=O)N(CC)CC)OCCCC. The van der Waals surface area contributed by atoms with Crippen LogP contribution in [0.15, 0.2) is 0 Å². The van der Waals surface area contributed by atoms with Crippen molar-refractivity contribution in [3.63, 3.8) is 0 Å². The molecule has 0 heterocycles. The first-order valence-corrected chi connectivity index (χ1v) is 10.5. The summed E-state index contributed by atoms with van der Waals surface area (Å²) < 4.78 is 11.6. The highest BCUT2D eigenvalue weighted by Crippen LogP contribution is 2.49. The maximum absolute atomic E-state index is 12.2. The van der Waals surface area contributed by atoms with Crippen LogP contribution in [0.4, 0.5) is 0 Å². The van der Waals surface area contributed by atoms with Crippen molar-refractivity contribution in [3.05, 3.63) is 0 Å². The molecule has 0 aliphatic heterocycles. The van der Waals surface area contributed by atoms with E-state index in [9.17, 15) is 4.79 Å². The summed E-state index contributed by atoms with van der Waals surface area (Å²) >= 11 is 5.54. The third-order valence-corrected chi connectivity index (χ3v) is 5.85. The molecule has 0 N–H and O–H groups in total. The van der Waals surface area contributed by atoms with E-state index < -0.39 is 6.49 Å². The van der Waals surface area contributed by atoms with Gasteiger partial charge in [0.05, 0.1) is 13.2 Å². The number of rotatable bonds is 12. The fourth-order valence-corrected chi connectivity index (χ4v) is 4.05. The van der Waals surface area contributed by atoms with Gasteiger partial charge in [0.2, 0.25) is 5.91 Å². The van der Waals surface area contributed by atoms with Gasteiger partial charge in [-0.15, -0.1) is 0 Å². The second kappa shape index (κ2) is 11.7. The average Bonchev–Trinajstić information content (AvgIpc) is 2.40. The van der Waals surface area contributed by atoms with Crippen LogP contribution < -0.4 is 0 Å². The lowest BCUT2D eigenvalue weighted by atomic mass is 10.4. The third-order valence-electron chi connectivity index (χ3n) is 3.02. The predicted octanol–water partition coefficient (Wildman–Crippen LogP) is 3.80. The monoisotopic (exact) mass is 323 g/mol. The van der Waals surface area contributed by atoms with Gasteiger partial charge in [0.25, 0.3) is 0 Å². The van der Waals surface area contributed by atoms with E-state index in [1.54, 1.807) is 4.90 Å². The lowest BCUT2D eigenvalue weighted by Gasteiger charge is -2.25. The lowest BCUT2D eigenvalue weighted by Crippen LogP contribution is -2.33. The Morgan fingerprint density at radius 2 is 1.45 bits per heavy atom. The zero-order valence-electron chi connectivity index (χ0n) is 13.4. The van der Waals surface area contributed by atoms with Gasteiger partial charge < -0.3 is 13.9 Å². The summed E-state index contributed by atoms with van der Waals surface area (Å²) in [5, 5.41) is 0. The average molecular weight is 323 g/mol. The van der Waals surface area contributed by atoms with Crippen LogP contribution in [0, 0.1) is 0 Å². The van der Waals surface area contributed by atoms with E-state index in [1.165, 1.54) is 0 Å². The summed E-state index contributed by atoms with van der Waals surface area (Å²) in [6.45, 7) is 8.26. The van der Waals surface area contributed by atoms with Crippen LogP contribution in [0.1, 0.15) is 53.4 Å². The van der Waals surface area contributed by atoms with Crippen molar-refractivity contribution in [1.29, 1.82) is 0 Å². The van der Waals surface area contributed by atoms with Crippen molar-refractivity contribution in [2.45, 2.75) is 53.4 Å². The Kier molecular flexibility index (Phi) is 11.7. The van der Waals surface area contributed by atoms with E-state index in [0.29, 0.717) is 26.3 Å². The summed E-state index contributed by atoms with van der Waals surface area (Å²) in [5.74, 6) is 0.0475. The molecule has 0 aromatic carbocycles. The van der Waals surface area contributed by atoms with Crippen molar-refractivity contribution in [2.24, 2.45) is 0 Å². The molecule has 0 spiro atoms. The molecule has 20 heavy (non-hydrogen) atoms. The lowest BCUT2D eigenvalue weighted by molar-refractivity contribution is -0.128. The standard InChI is InChI=1S/C14H30NO3PS/c1-5-9-11-17-19(20,18-12-10-6-2)13-14(16)15(7-3)8-4/h5-13H2,1-4H3. The summed E-state index contributed by atoms with van der Waals surface area (Å²) in [5.41, 5.74) is 0. The van der Waals surface area contributed by atoms with Gasteiger partial charge >= 0.3 is 0 Å². The van der Waals surface area contributed by atoms with Crippen molar-refractivity contribution in [2.75, 3.05) is 32.5 Å².